The number of aromatic nitrogens is 6. The van der Waals surface area contributed by atoms with Crippen LogP contribution in [0.4, 0.5) is 5.82 Å². The Hall–Kier alpha value is -3.87. The molecule has 130 valence electrons. The van der Waals surface area contributed by atoms with Gasteiger partial charge in [0.05, 0.1) is 22.4 Å². The lowest BCUT2D eigenvalue weighted by molar-refractivity contribution is 1.11. The summed E-state index contributed by atoms with van der Waals surface area (Å²) in [5.74, 6) is 0.926. The molecule has 5 aromatic rings. The highest BCUT2D eigenvalue weighted by atomic mass is 15.1. The van der Waals surface area contributed by atoms with E-state index in [1.54, 1.807) is 12.3 Å². The van der Waals surface area contributed by atoms with Gasteiger partial charge in [-0.2, -0.15) is 4.98 Å². The van der Waals surface area contributed by atoms with Crippen molar-refractivity contribution >= 4 is 22.6 Å². The Balaban J connectivity index is 1.84. The zero-order valence-electron chi connectivity index (χ0n) is 14.5. The number of aryl methyl sites for hydroxylation is 1. The van der Waals surface area contributed by atoms with E-state index in [1.807, 2.05) is 60.0 Å². The molecule has 0 atom stereocenters. The van der Waals surface area contributed by atoms with Crippen molar-refractivity contribution in [2.24, 2.45) is 0 Å². The molecule has 0 unspecified atom stereocenters. The van der Waals surface area contributed by atoms with Crippen molar-refractivity contribution in [3.05, 3.63) is 66.6 Å². The van der Waals surface area contributed by atoms with Crippen LogP contribution in [0.3, 0.4) is 0 Å². The number of imidazole rings is 1. The summed E-state index contributed by atoms with van der Waals surface area (Å²) in [5.41, 5.74) is 11.5. The minimum absolute atomic E-state index is 0.415. The molecule has 0 aliphatic rings. The number of nitrogens with zero attached hydrogens (tertiary/aromatic N) is 6. The number of anilines is 1. The second-order valence-electron chi connectivity index (χ2n) is 6.23. The molecule has 5 aromatic heterocycles. The number of hydrogen-bond acceptors (Lipinski definition) is 6. The fraction of sp³-hybridized carbons (Fsp3) is 0.0500. The molecular formula is C20H15N7. The Morgan fingerprint density at radius 3 is 2.63 bits per heavy atom. The van der Waals surface area contributed by atoms with Gasteiger partial charge >= 0.3 is 0 Å². The molecule has 0 aliphatic carbocycles. The lowest BCUT2D eigenvalue weighted by atomic mass is 10.1. The molecule has 0 aromatic carbocycles. The van der Waals surface area contributed by atoms with Gasteiger partial charge in [0.15, 0.2) is 0 Å². The maximum Gasteiger partial charge on any atom is 0.236 e. The number of nitrogen functional groups attached to an aromatic ring is 1. The zero-order valence-corrected chi connectivity index (χ0v) is 14.5. The van der Waals surface area contributed by atoms with E-state index in [4.69, 9.17) is 15.7 Å². The summed E-state index contributed by atoms with van der Waals surface area (Å²) >= 11 is 0. The van der Waals surface area contributed by atoms with Gasteiger partial charge in [-0.25, -0.2) is 9.97 Å². The number of hydrogen-bond donors (Lipinski definition) is 1. The van der Waals surface area contributed by atoms with Crippen LogP contribution in [-0.2, 0) is 0 Å². The van der Waals surface area contributed by atoms with Crippen LogP contribution >= 0.6 is 0 Å². The largest absolute Gasteiger partial charge is 0.384 e. The SMILES string of the molecule is Cc1cccc(-c2nc3nc(N)ccn3c2-c2ccc3ncccc3n2)n1. The Labute approximate surface area is 154 Å². The molecule has 0 saturated heterocycles. The first-order valence-corrected chi connectivity index (χ1v) is 8.50. The second-order valence-corrected chi connectivity index (χ2v) is 6.23. The third-order valence-corrected chi connectivity index (χ3v) is 4.35. The maximum absolute atomic E-state index is 5.86. The maximum atomic E-state index is 5.86. The Morgan fingerprint density at radius 2 is 1.74 bits per heavy atom. The summed E-state index contributed by atoms with van der Waals surface area (Å²) in [6.45, 7) is 1.95. The van der Waals surface area contributed by atoms with Crippen molar-refractivity contribution in [1.82, 2.24) is 29.3 Å². The van der Waals surface area contributed by atoms with Crippen molar-refractivity contribution < 1.29 is 0 Å². The quantitative estimate of drug-likeness (QED) is 0.523. The third kappa shape index (κ3) is 2.56. The molecule has 27 heavy (non-hydrogen) atoms. The minimum atomic E-state index is 0.415. The van der Waals surface area contributed by atoms with Gasteiger partial charge in [-0.1, -0.05) is 6.07 Å². The number of rotatable bonds is 2. The topological polar surface area (TPSA) is 94.9 Å². The average molecular weight is 353 g/mol. The summed E-state index contributed by atoms with van der Waals surface area (Å²) in [6.07, 6.45) is 3.61. The highest BCUT2D eigenvalue weighted by molar-refractivity contribution is 5.83. The molecule has 0 bridgehead atoms. The lowest BCUT2D eigenvalue weighted by Crippen LogP contribution is -1.97. The van der Waals surface area contributed by atoms with E-state index in [1.165, 1.54) is 0 Å². The van der Waals surface area contributed by atoms with Crippen LogP contribution < -0.4 is 5.73 Å². The summed E-state index contributed by atoms with van der Waals surface area (Å²) < 4.78 is 1.89. The summed E-state index contributed by atoms with van der Waals surface area (Å²) in [7, 11) is 0. The number of nitrogens with two attached hydrogens (primary N) is 1. The first-order chi connectivity index (χ1) is 13.2. The van der Waals surface area contributed by atoms with Gasteiger partial charge in [0.25, 0.3) is 0 Å². The van der Waals surface area contributed by atoms with Gasteiger partial charge in [-0.3, -0.25) is 14.4 Å². The molecule has 0 aliphatic heterocycles. The highest BCUT2D eigenvalue weighted by Gasteiger charge is 2.19. The molecule has 2 N–H and O–H groups in total. The van der Waals surface area contributed by atoms with Crippen LogP contribution in [0, 0.1) is 6.92 Å². The van der Waals surface area contributed by atoms with Crippen molar-refractivity contribution in [1.29, 1.82) is 0 Å². The molecule has 0 fully saturated rings. The molecule has 0 saturated carbocycles. The fourth-order valence-electron chi connectivity index (χ4n) is 3.13. The molecule has 5 rings (SSSR count). The molecule has 5 heterocycles. The molecule has 7 nitrogen and oxygen atoms in total. The molecule has 0 radical (unpaired) electrons. The Bertz CT molecular complexity index is 1310. The van der Waals surface area contributed by atoms with Gasteiger partial charge in [-0.15, -0.1) is 0 Å². The van der Waals surface area contributed by atoms with Crippen LogP contribution in [0.1, 0.15) is 5.69 Å². The molecule has 0 amide bonds. The second kappa shape index (κ2) is 5.84. The van der Waals surface area contributed by atoms with Crippen LogP contribution in [0.15, 0.2) is 60.9 Å². The van der Waals surface area contributed by atoms with Gasteiger partial charge in [-0.05, 0) is 49.4 Å². The van der Waals surface area contributed by atoms with E-state index in [-0.39, 0.29) is 0 Å². The molecule has 7 heteroatoms. The van der Waals surface area contributed by atoms with Gasteiger partial charge < -0.3 is 5.73 Å². The van der Waals surface area contributed by atoms with Crippen LogP contribution in [0.5, 0.6) is 0 Å². The van der Waals surface area contributed by atoms with Crippen molar-refractivity contribution in [2.75, 3.05) is 5.73 Å². The molecule has 0 spiro atoms. The van der Waals surface area contributed by atoms with Crippen LogP contribution in [0.2, 0.25) is 0 Å². The van der Waals surface area contributed by atoms with Gasteiger partial charge in [0.1, 0.15) is 17.2 Å². The van der Waals surface area contributed by atoms with Crippen molar-refractivity contribution in [3.63, 3.8) is 0 Å². The average Bonchev–Trinajstić information content (AvgIpc) is 3.06. The Morgan fingerprint density at radius 1 is 0.815 bits per heavy atom. The summed E-state index contributed by atoms with van der Waals surface area (Å²) in [5, 5.41) is 0. The predicted molar refractivity (Wildman–Crippen MR) is 104 cm³/mol. The molecular weight excluding hydrogens is 338 g/mol. The summed E-state index contributed by atoms with van der Waals surface area (Å²) in [4.78, 5) is 22.8. The van der Waals surface area contributed by atoms with E-state index in [9.17, 15) is 0 Å². The first-order valence-electron chi connectivity index (χ1n) is 8.50. The lowest BCUT2D eigenvalue weighted by Gasteiger charge is -2.06. The Kier molecular flexibility index (Phi) is 3.33. The van der Waals surface area contributed by atoms with E-state index in [0.717, 1.165) is 33.8 Å². The van der Waals surface area contributed by atoms with Crippen LogP contribution in [0.25, 0.3) is 39.6 Å². The number of pyridine rings is 3. The van der Waals surface area contributed by atoms with Crippen LogP contribution in [-0.4, -0.2) is 29.3 Å². The zero-order chi connectivity index (χ0) is 18.4. The summed E-state index contributed by atoms with van der Waals surface area (Å²) in [6, 6.07) is 15.3. The number of fused-ring (bicyclic) bond motifs is 2. The van der Waals surface area contributed by atoms with E-state index >= 15 is 0 Å². The first kappa shape index (κ1) is 15.4. The highest BCUT2D eigenvalue weighted by Crippen LogP contribution is 2.31. The van der Waals surface area contributed by atoms with Crippen molar-refractivity contribution in [3.8, 4) is 22.8 Å². The smallest absolute Gasteiger partial charge is 0.236 e. The fourth-order valence-corrected chi connectivity index (χ4v) is 3.13. The predicted octanol–water partition coefficient (Wildman–Crippen LogP) is 3.29. The van der Waals surface area contributed by atoms with Gasteiger partial charge in [0, 0.05) is 18.1 Å². The van der Waals surface area contributed by atoms with E-state index in [2.05, 4.69) is 15.0 Å². The van der Waals surface area contributed by atoms with Gasteiger partial charge in [0.2, 0.25) is 5.78 Å². The normalized spacial score (nSPS) is 11.3. The monoisotopic (exact) mass is 353 g/mol. The van der Waals surface area contributed by atoms with Crippen molar-refractivity contribution in [2.45, 2.75) is 6.92 Å². The standard InChI is InChI=1S/C20H15N7/c1-12-4-2-5-15(23-12)18-19(27-11-9-17(21)25-20(27)26-18)16-8-7-13-14(24-16)6-3-10-22-13/h2-11H,1H3,(H2,21,25,26). The third-order valence-electron chi connectivity index (χ3n) is 4.35. The van der Waals surface area contributed by atoms with E-state index in [0.29, 0.717) is 17.3 Å². The minimum Gasteiger partial charge on any atom is -0.384 e. The van der Waals surface area contributed by atoms with E-state index < -0.39 is 0 Å².